The van der Waals surface area contributed by atoms with Gasteiger partial charge in [0.25, 0.3) is 12.0 Å². The van der Waals surface area contributed by atoms with Gasteiger partial charge in [0.15, 0.2) is 6.29 Å². The highest BCUT2D eigenvalue weighted by molar-refractivity contribution is 6.17. The third-order valence-corrected chi connectivity index (χ3v) is 1.95. The third-order valence-electron chi connectivity index (χ3n) is 1.69. The molecule has 0 amide bonds. The Morgan fingerprint density at radius 2 is 2.21 bits per heavy atom. The first-order chi connectivity index (χ1) is 6.60. The van der Waals surface area contributed by atoms with Crippen molar-refractivity contribution in [3.05, 3.63) is 33.2 Å². The van der Waals surface area contributed by atoms with E-state index in [-0.39, 0.29) is 17.1 Å². The Labute approximate surface area is 82.7 Å². The Balaban J connectivity index is 3.43. The Hall–Kier alpha value is -1.23. The number of hydrogen-bond acceptors (Lipinski definition) is 2. The van der Waals surface area contributed by atoms with Gasteiger partial charge in [-0.2, -0.15) is 0 Å². The molecule has 76 valence electrons. The van der Waals surface area contributed by atoms with Gasteiger partial charge in [-0.1, -0.05) is 0 Å². The zero-order valence-corrected chi connectivity index (χ0v) is 7.65. The molecule has 1 heterocycles. The van der Waals surface area contributed by atoms with Gasteiger partial charge in [-0.3, -0.25) is 9.59 Å². The van der Waals surface area contributed by atoms with Crippen molar-refractivity contribution in [2.45, 2.75) is 12.3 Å². The van der Waals surface area contributed by atoms with Gasteiger partial charge in [-0.25, -0.2) is 8.78 Å². The van der Waals surface area contributed by atoms with Crippen LogP contribution in [0.25, 0.3) is 0 Å². The number of H-pyrrole nitrogens is 1. The summed E-state index contributed by atoms with van der Waals surface area (Å²) in [4.78, 5) is 23.5. The smallest absolute Gasteiger partial charge is 0.264 e. The Morgan fingerprint density at radius 3 is 2.64 bits per heavy atom. The second kappa shape index (κ2) is 4.32. The first kappa shape index (κ1) is 10.8. The summed E-state index contributed by atoms with van der Waals surface area (Å²) in [7, 11) is 0. The van der Waals surface area contributed by atoms with Crippen LogP contribution in [0.15, 0.2) is 10.9 Å². The minimum atomic E-state index is -2.82. The van der Waals surface area contributed by atoms with Crippen LogP contribution in [0.1, 0.15) is 28.0 Å². The van der Waals surface area contributed by atoms with Crippen molar-refractivity contribution < 1.29 is 13.6 Å². The molecule has 0 radical (unpaired) electrons. The average Bonchev–Trinajstić information content (AvgIpc) is 2.16. The molecule has 0 spiro atoms. The molecule has 1 N–H and O–H groups in total. The second-order valence-corrected chi connectivity index (χ2v) is 2.81. The number of pyridine rings is 1. The molecule has 0 aliphatic heterocycles. The molecule has 0 saturated heterocycles. The van der Waals surface area contributed by atoms with Crippen LogP contribution in [0.3, 0.4) is 0 Å². The van der Waals surface area contributed by atoms with E-state index in [1.807, 2.05) is 0 Å². The van der Waals surface area contributed by atoms with Crippen LogP contribution in [0.4, 0.5) is 8.78 Å². The first-order valence-electron chi connectivity index (χ1n) is 3.65. The standard InChI is InChI=1S/C8H6ClF2NO2/c9-2-6-5(7(10)11)1-4(3-13)12-8(6)14/h1,3,7H,2H2,(H,12,14). The Bertz CT molecular complexity index is 403. The summed E-state index contributed by atoms with van der Waals surface area (Å²) in [5, 5.41) is 0. The number of hydrogen-bond donors (Lipinski definition) is 1. The van der Waals surface area contributed by atoms with E-state index in [9.17, 15) is 18.4 Å². The van der Waals surface area contributed by atoms with Crippen LogP contribution >= 0.6 is 11.6 Å². The predicted molar refractivity (Wildman–Crippen MR) is 47.0 cm³/mol. The summed E-state index contributed by atoms with van der Waals surface area (Å²) in [6.07, 6.45) is -2.52. The molecular weight excluding hydrogens is 216 g/mol. The number of rotatable bonds is 3. The highest BCUT2D eigenvalue weighted by Crippen LogP contribution is 2.21. The zero-order chi connectivity index (χ0) is 10.7. The summed E-state index contributed by atoms with van der Waals surface area (Å²) in [5.74, 6) is -0.311. The van der Waals surface area contributed by atoms with E-state index < -0.39 is 17.5 Å². The number of carbonyl (C=O) groups excluding carboxylic acids is 1. The van der Waals surface area contributed by atoms with E-state index in [1.165, 1.54) is 0 Å². The number of aromatic amines is 1. The molecule has 6 heteroatoms. The van der Waals surface area contributed by atoms with Gasteiger partial charge in [0, 0.05) is 11.1 Å². The fourth-order valence-electron chi connectivity index (χ4n) is 1.02. The normalized spacial score (nSPS) is 10.6. The summed E-state index contributed by atoms with van der Waals surface area (Å²) in [5.41, 5.74) is -1.63. The summed E-state index contributed by atoms with van der Waals surface area (Å²) >= 11 is 5.34. The molecule has 0 aromatic carbocycles. The van der Waals surface area contributed by atoms with Crippen LogP contribution in [0.5, 0.6) is 0 Å². The van der Waals surface area contributed by atoms with Crippen molar-refractivity contribution in [3.63, 3.8) is 0 Å². The molecule has 0 fully saturated rings. The van der Waals surface area contributed by atoms with Crippen molar-refractivity contribution in [2.75, 3.05) is 0 Å². The maximum absolute atomic E-state index is 12.4. The monoisotopic (exact) mass is 221 g/mol. The second-order valence-electron chi connectivity index (χ2n) is 2.54. The Morgan fingerprint density at radius 1 is 1.57 bits per heavy atom. The van der Waals surface area contributed by atoms with Gasteiger partial charge in [-0.05, 0) is 6.07 Å². The molecule has 0 bridgehead atoms. The number of aldehydes is 1. The van der Waals surface area contributed by atoms with Crippen LogP contribution in [0.2, 0.25) is 0 Å². The average molecular weight is 222 g/mol. The topological polar surface area (TPSA) is 49.9 Å². The third kappa shape index (κ3) is 1.98. The molecule has 0 atom stereocenters. The van der Waals surface area contributed by atoms with E-state index in [2.05, 4.69) is 4.98 Å². The summed E-state index contributed by atoms with van der Waals surface area (Å²) in [6.45, 7) is 0. The van der Waals surface area contributed by atoms with Crippen LogP contribution in [-0.4, -0.2) is 11.3 Å². The van der Waals surface area contributed by atoms with Gasteiger partial charge in [0.2, 0.25) is 0 Å². The largest absolute Gasteiger partial charge is 0.319 e. The van der Waals surface area contributed by atoms with E-state index in [0.717, 1.165) is 6.07 Å². The SMILES string of the molecule is O=Cc1cc(C(F)F)c(CCl)c(=O)[nH]1. The maximum atomic E-state index is 12.4. The lowest BCUT2D eigenvalue weighted by Gasteiger charge is -2.05. The van der Waals surface area contributed by atoms with Crippen molar-refractivity contribution >= 4 is 17.9 Å². The van der Waals surface area contributed by atoms with Gasteiger partial charge >= 0.3 is 0 Å². The number of carbonyl (C=O) groups is 1. The van der Waals surface area contributed by atoms with Crippen molar-refractivity contribution in [2.24, 2.45) is 0 Å². The van der Waals surface area contributed by atoms with Gasteiger partial charge in [0.05, 0.1) is 11.6 Å². The van der Waals surface area contributed by atoms with Gasteiger partial charge in [-0.15, -0.1) is 11.6 Å². The molecule has 1 aromatic heterocycles. The molecule has 0 aliphatic carbocycles. The summed E-state index contributed by atoms with van der Waals surface area (Å²) in [6, 6.07) is 0.927. The van der Waals surface area contributed by atoms with Crippen molar-refractivity contribution in [1.82, 2.24) is 4.98 Å². The fourth-order valence-corrected chi connectivity index (χ4v) is 1.30. The lowest BCUT2D eigenvalue weighted by molar-refractivity contribution is 0.111. The predicted octanol–water partition coefficient (Wildman–Crippen LogP) is 1.86. The summed E-state index contributed by atoms with van der Waals surface area (Å²) < 4.78 is 24.8. The van der Waals surface area contributed by atoms with Crippen LogP contribution in [-0.2, 0) is 5.88 Å². The lowest BCUT2D eigenvalue weighted by atomic mass is 10.1. The lowest BCUT2D eigenvalue weighted by Crippen LogP contribution is -2.16. The van der Waals surface area contributed by atoms with Crippen LogP contribution < -0.4 is 5.56 Å². The number of aromatic nitrogens is 1. The van der Waals surface area contributed by atoms with Gasteiger partial charge in [0.1, 0.15) is 0 Å². The van der Waals surface area contributed by atoms with Crippen LogP contribution in [0, 0.1) is 0 Å². The molecule has 1 rings (SSSR count). The van der Waals surface area contributed by atoms with Crippen molar-refractivity contribution in [3.8, 4) is 0 Å². The highest BCUT2D eigenvalue weighted by Gasteiger charge is 2.16. The van der Waals surface area contributed by atoms with E-state index >= 15 is 0 Å². The Kier molecular flexibility index (Phi) is 3.35. The van der Waals surface area contributed by atoms with Crippen molar-refractivity contribution in [1.29, 1.82) is 0 Å². The molecule has 0 unspecified atom stereocenters. The highest BCUT2D eigenvalue weighted by atomic mass is 35.5. The molecule has 1 aromatic rings. The number of nitrogens with one attached hydrogen (secondary N) is 1. The zero-order valence-electron chi connectivity index (χ0n) is 6.89. The van der Waals surface area contributed by atoms with E-state index in [4.69, 9.17) is 11.6 Å². The van der Waals surface area contributed by atoms with E-state index in [0.29, 0.717) is 6.29 Å². The molecule has 0 saturated carbocycles. The minimum Gasteiger partial charge on any atom is -0.319 e. The number of halogens is 3. The molecule has 0 aliphatic rings. The van der Waals surface area contributed by atoms with E-state index in [1.54, 1.807) is 0 Å². The molecular formula is C8H6ClF2NO2. The quantitative estimate of drug-likeness (QED) is 0.626. The number of alkyl halides is 3. The minimum absolute atomic E-state index is 0.181. The van der Waals surface area contributed by atoms with Gasteiger partial charge < -0.3 is 4.98 Å². The molecule has 3 nitrogen and oxygen atoms in total. The fraction of sp³-hybridized carbons (Fsp3) is 0.250. The maximum Gasteiger partial charge on any atom is 0.264 e. The first-order valence-corrected chi connectivity index (χ1v) is 4.19. The molecule has 14 heavy (non-hydrogen) atoms.